The molecule has 3 aliphatic rings. The molecule has 0 saturated heterocycles. The third kappa shape index (κ3) is 18.5. The van der Waals surface area contributed by atoms with E-state index in [1.54, 1.807) is 6.92 Å². The number of aliphatic hydroxyl groups excluding tert-OH is 3. The topological polar surface area (TPSA) is 124 Å². The van der Waals surface area contributed by atoms with Crippen LogP contribution in [0.25, 0.3) is 6.08 Å². The first-order valence-electron chi connectivity index (χ1n) is 14.9. The molecule has 0 heterocycles. The molecule has 2 aromatic rings. The number of hydrogen-bond donors (Lipinski definition) is 3. The van der Waals surface area contributed by atoms with Crippen LogP contribution in [0.5, 0.6) is 0 Å². The van der Waals surface area contributed by atoms with Crippen LogP contribution in [0.15, 0.2) is 78.4 Å². The molecule has 0 amide bonds. The van der Waals surface area contributed by atoms with Gasteiger partial charge in [0.15, 0.2) is 0 Å². The highest BCUT2D eigenvalue weighted by Gasteiger charge is 2.11. The maximum absolute atomic E-state index is 9.51. The Bertz CT molecular complexity index is 968. The summed E-state index contributed by atoms with van der Waals surface area (Å²) in [6.45, 7) is 10.7. The average Bonchev–Trinajstić information content (AvgIpc) is 2.93. The van der Waals surface area contributed by atoms with Crippen LogP contribution in [0.4, 0.5) is 0 Å². The zero-order valence-corrected chi connectivity index (χ0v) is 26.2. The summed E-state index contributed by atoms with van der Waals surface area (Å²) in [5.41, 5.74) is 6.21. The molecule has 41 heavy (non-hydrogen) atoms. The highest BCUT2D eigenvalue weighted by Crippen LogP contribution is 2.26. The fraction of sp³-hybridized carbons (Fsp3) is 0.500. The molecular weight excluding hydrogens is 512 g/mol. The predicted octanol–water partition coefficient (Wildman–Crippen LogP) is 7.41. The van der Waals surface area contributed by atoms with E-state index in [9.17, 15) is 10.2 Å². The van der Waals surface area contributed by atoms with Crippen molar-refractivity contribution in [1.82, 2.24) is 0 Å². The molecule has 3 aliphatic carbocycles. The van der Waals surface area contributed by atoms with Crippen molar-refractivity contribution in [2.75, 3.05) is 6.61 Å². The zero-order chi connectivity index (χ0) is 28.9. The number of fused-ring (bicyclic) bond motifs is 1. The second-order valence-corrected chi connectivity index (χ2v) is 10.6. The van der Waals surface area contributed by atoms with Gasteiger partial charge in [-0.15, -0.1) is 0 Å². The van der Waals surface area contributed by atoms with Crippen LogP contribution in [0.2, 0.25) is 0 Å². The molecule has 0 aromatic heterocycles. The van der Waals surface area contributed by atoms with Crippen LogP contribution < -0.4 is 0 Å². The van der Waals surface area contributed by atoms with Crippen molar-refractivity contribution >= 4 is 6.08 Å². The lowest BCUT2D eigenvalue weighted by molar-refractivity contribution is 0.180. The van der Waals surface area contributed by atoms with Crippen molar-refractivity contribution in [3.8, 4) is 0 Å². The number of rotatable bonds is 2. The third-order valence-corrected chi connectivity index (χ3v) is 6.99. The van der Waals surface area contributed by atoms with Crippen LogP contribution in [-0.2, 0) is 0 Å². The van der Waals surface area contributed by atoms with Gasteiger partial charge in [-0.25, -0.2) is 0 Å². The Hall–Kier alpha value is -2.54. The maximum Gasteiger partial charge on any atom is 0.0830 e. The van der Waals surface area contributed by atoms with Gasteiger partial charge in [0, 0.05) is 6.61 Å². The minimum absolute atomic E-state index is 0. The van der Waals surface area contributed by atoms with E-state index in [1.165, 1.54) is 48.8 Å². The van der Waals surface area contributed by atoms with Crippen molar-refractivity contribution in [2.45, 2.75) is 105 Å². The highest BCUT2D eigenvalue weighted by atomic mass is 16.3. The van der Waals surface area contributed by atoms with Crippen molar-refractivity contribution < 1.29 is 26.3 Å². The Kier molecular flexibility index (Phi) is 24.9. The SMILES string of the molecule is CC1CCCCC1.CCCC1=CC(O)CC=C1.CCO.Cc1ccccc1C.O.O.OC1CC=Cc2ccccc21. The molecule has 2 unspecified atom stereocenters. The van der Waals surface area contributed by atoms with Crippen LogP contribution in [0.3, 0.4) is 0 Å². The number of aryl methyl sites for hydroxylation is 2. The molecule has 7 N–H and O–H groups in total. The first-order chi connectivity index (χ1) is 18.8. The smallest absolute Gasteiger partial charge is 0.0830 e. The van der Waals surface area contributed by atoms with Gasteiger partial charge in [-0.05, 0) is 73.8 Å². The summed E-state index contributed by atoms with van der Waals surface area (Å²) < 4.78 is 0. The van der Waals surface area contributed by atoms with Gasteiger partial charge in [0.1, 0.15) is 0 Å². The quantitative estimate of drug-likeness (QED) is 0.348. The Morgan fingerprint density at radius 3 is 1.76 bits per heavy atom. The lowest BCUT2D eigenvalue weighted by Gasteiger charge is -2.15. The van der Waals surface area contributed by atoms with E-state index >= 15 is 0 Å². The normalized spacial score (nSPS) is 18.3. The lowest BCUT2D eigenvalue weighted by Crippen LogP contribution is -2.04. The van der Waals surface area contributed by atoms with Gasteiger partial charge < -0.3 is 26.3 Å². The fourth-order valence-electron chi connectivity index (χ4n) is 4.57. The predicted molar refractivity (Wildman–Crippen MR) is 176 cm³/mol. The van der Waals surface area contributed by atoms with E-state index in [0.29, 0.717) is 0 Å². The summed E-state index contributed by atoms with van der Waals surface area (Å²) in [6, 6.07) is 16.3. The van der Waals surface area contributed by atoms with Crippen LogP contribution in [-0.4, -0.2) is 39.0 Å². The van der Waals surface area contributed by atoms with Crippen molar-refractivity contribution in [2.24, 2.45) is 5.92 Å². The molecule has 5 nitrogen and oxygen atoms in total. The molecule has 1 fully saturated rings. The third-order valence-electron chi connectivity index (χ3n) is 6.99. The summed E-state index contributed by atoms with van der Waals surface area (Å²) in [4.78, 5) is 0. The molecule has 2 atom stereocenters. The van der Waals surface area contributed by atoms with E-state index in [0.717, 1.165) is 42.7 Å². The molecule has 0 radical (unpaired) electrons. The molecule has 1 saturated carbocycles. The summed E-state index contributed by atoms with van der Waals surface area (Å²) in [7, 11) is 0. The van der Waals surface area contributed by atoms with Crippen molar-refractivity contribution in [1.29, 1.82) is 0 Å². The number of benzene rings is 2. The van der Waals surface area contributed by atoms with Gasteiger partial charge in [0.2, 0.25) is 0 Å². The van der Waals surface area contributed by atoms with Gasteiger partial charge in [0.05, 0.1) is 12.2 Å². The molecule has 0 bridgehead atoms. The lowest BCUT2D eigenvalue weighted by atomic mass is 9.91. The first-order valence-corrected chi connectivity index (χ1v) is 14.9. The van der Waals surface area contributed by atoms with E-state index in [4.69, 9.17) is 5.11 Å². The van der Waals surface area contributed by atoms with Crippen molar-refractivity contribution in [3.05, 3.63) is 101 Å². The van der Waals surface area contributed by atoms with Gasteiger partial charge in [-0.2, -0.15) is 0 Å². The minimum atomic E-state index is -0.295. The molecule has 2 aromatic carbocycles. The van der Waals surface area contributed by atoms with Crippen LogP contribution in [0.1, 0.15) is 107 Å². The molecule has 0 spiro atoms. The van der Waals surface area contributed by atoms with E-state index in [2.05, 4.69) is 64.1 Å². The van der Waals surface area contributed by atoms with E-state index in [-0.39, 0.29) is 29.8 Å². The summed E-state index contributed by atoms with van der Waals surface area (Å²) in [6.07, 6.45) is 20.8. The molecule has 5 rings (SSSR count). The average molecular weight is 571 g/mol. The Balaban J connectivity index is 0. The minimum Gasteiger partial charge on any atom is -0.412 e. The summed E-state index contributed by atoms with van der Waals surface area (Å²) in [5.74, 6) is 1.04. The maximum atomic E-state index is 9.51. The van der Waals surface area contributed by atoms with Gasteiger partial charge >= 0.3 is 0 Å². The molecule has 232 valence electrons. The van der Waals surface area contributed by atoms with Gasteiger partial charge in [-0.1, -0.05) is 131 Å². The second-order valence-electron chi connectivity index (χ2n) is 10.6. The second kappa shape index (κ2) is 25.2. The fourth-order valence-corrected chi connectivity index (χ4v) is 4.57. The van der Waals surface area contributed by atoms with E-state index in [1.807, 2.05) is 42.5 Å². The molecular formula is C36H58O5. The van der Waals surface area contributed by atoms with Crippen LogP contribution >= 0.6 is 0 Å². The highest BCUT2D eigenvalue weighted by molar-refractivity contribution is 5.56. The number of hydrogen-bond acceptors (Lipinski definition) is 3. The van der Waals surface area contributed by atoms with Gasteiger partial charge in [0.25, 0.3) is 0 Å². The van der Waals surface area contributed by atoms with Gasteiger partial charge in [-0.3, -0.25) is 0 Å². The number of aliphatic hydroxyl groups is 3. The summed E-state index contributed by atoms with van der Waals surface area (Å²) >= 11 is 0. The first kappa shape index (κ1) is 40.6. The van der Waals surface area contributed by atoms with E-state index < -0.39 is 0 Å². The zero-order valence-electron chi connectivity index (χ0n) is 26.2. The Morgan fingerprint density at radius 1 is 0.756 bits per heavy atom. The Morgan fingerprint density at radius 2 is 1.29 bits per heavy atom. The monoisotopic (exact) mass is 570 g/mol. The molecule has 5 heteroatoms. The Labute approximate surface area is 250 Å². The van der Waals surface area contributed by atoms with Crippen molar-refractivity contribution in [3.63, 3.8) is 0 Å². The van der Waals surface area contributed by atoms with Crippen LogP contribution in [0, 0.1) is 19.8 Å². The largest absolute Gasteiger partial charge is 0.412 e. The summed E-state index contributed by atoms with van der Waals surface area (Å²) in [5, 5.41) is 26.3. The number of allylic oxidation sites excluding steroid dienone is 2. The molecule has 0 aliphatic heterocycles. The standard InChI is InChI=1S/C10H10O.C9H14O.C8H10.C7H14.C2H6O.2H2O/c11-10-7-3-5-8-4-1-2-6-9(8)10;1-2-4-8-5-3-6-9(10)7-8;1-7-5-3-4-6-8(7)2;1-7-5-3-2-4-6-7;1-2-3;;/h1-6,10-11H,7H2;3,5,7,9-10H,2,4,6H2,1H3;3-6H,1-2H3;7H,2-6H2,1H3;3H,2H2,1H3;2*1H2.